The van der Waals surface area contributed by atoms with Crippen molar-refractivity contribution in [2.45, 2.75) is 12.6 Å². The molecule has 23 heavy (non-hydrogen) atoms. The largest absolute Gasteiger partial charge is 0.386 e. The Hall–Kier alpha value is -2.22. The molecule has 2 N–H and O–H groups in total. The fourth-order valence-corrected chi connectivity index (χ4v) is 2.88. The molecule has 3 aromatic rings. The van der Waals surface area contributed by atoms with E-state index in [0.717, 1.165) is 5.56 Å². The third-order valence-electron chi connectivity index (χ3n) is 3.18. The van der Waals surface area contributed by atoms with E-state index < -0.39 is 12.0 Å². The number of aliphatic hydroxyl groups excluding tert-OH is 1. The van der Waals surface area contributed by atoms with Crippen molar-refractivity contribution in [2.24, 2.45) is 0 Å². The van der Waals surface area contributed by atoms with Crippen LogP contribution in [0.3, 0.4) is 0 Å². The van der Waals surface area contributed by atoms with Crippen LogP contribution in [0.2, 0.25) is 5.02 Å². The molecule has 2 aromatic heterocycles. The Morgan fingerprint density at radius 1 is 1.39 bits per heavy atom. The van der Waals surface area contributed by atoms with Crippen LogP contribution in [0.25, 0.3) is 0 Å². The molecule has 1 amide bonds. The Morgan fingerprint density at radius 2 is 2.22 bits per heavy atom. The van der Waals surface area contributed by atoms with Gasteiger partial charge >= 0.3 is 0 Å². The zero-order chi connectivity index (χ0) is 16.2. The normalized spacial score (nSPS) is 12.1. The number of thiophene rings is 1. The number of aliphatic hydroxyl groups is 1. The molecule has 0 radical (unpaired) electrons. The van der Waals surface area contributed by atoms with Gasteiger partial charge in [0, 0.05) is 0 Å². The molecule has 1 unspecified atom stereocenters. The molecule has 1 atom stereocenters. The minimum atomic E-state index is -0.692. The van der Waals surface area contributed by atoms with Gasteiger partial charge in [-0.15, -0.1) is 5.10 Å². The number of carbonyl (C=O) groups excluding carboxylic acids is 1. The van der Waals surface area contributed by atoms with Crippen LogP contribution in [0.1, 0.15) is 22.2 Å². The van der Waals surface area contributed by atoms with Gasteiger partial charge in [-0.05, 0) is 34.5 Å². The van der Waals surface area contributed by atoms with Crippen LogP contribution in [-0.2, 0) is 6.54 Å². The van der Waals surface area contributed by atoms with Gasteiger partial charge < -0.3 is 10.4 Å². The van der Waals surface area contributed by atoms with Crippen molar-refractivity contribution in [3.8, 4) is 0 Å². The van der Waals surface area contributed by atoms with E-state index in [1.165, 1.54) is 22.2 Å². The first kappa shape index (κ1) is 15.7. The molecule has 0 aliphatic carbocycles. The van der Waals surface area contributed by atoms with E-state index in [9.17, 15) is 9.90 Å². The van der Waals surface area contributed by atoms with Gasteiger partial charge in [-0.2, -0.15) is 11.3 Å². The maximum absolute atomic E-state index is 12.1. The fourth-order valence-electron chi connectivity index (χ4n) is 1.99. The highest BCUT2D eigenvalue weighted by molar-refractivity contribution is 7.07. The molecule has 0 aliphatic heterocycles. The highest BCUT2D eigenvalue weighted by Gasteiger charge is 2.15. The first-order chi connectivity index (χ1) is 11.1. The summed E-state index contributed by atoms with van der Waals surface area (Å²) < 4.78 is 1.43. The molecule has 2 heterocycles. The number of para-hydroxylation sites is 1. The van der Waals surface area contributed by atoms with Gasteiger partial charge in [0.05, 0.1) is 29.6 Å². The predicted octanol–water partition coefficient (Wildman–Crippen LogP) is 2.98. The number of nitrogens with zero attached hydrogens (tertiary/aromatic N) is 3. The maximum atomic E-state index is 12.1. The van der Waals surface area contributed by atoms with Crippen LogP contribution in [0, 0.1) is 0 Å². The second-order valence-electron chi connectivity index (χ2n) is 4.83. The first-order valence-electron chi connectivity index (χ1n) is 6.79. The summed E-state index contributed by atoms with van der Waals surface area (Å²) in [6.45, 7) is 0.225. The molecule has 118 valence electrons. The molecular weight excluding hydrogens is 336 g/mol. The molecule has 3 rings (SSSR count). The molecule has 1 aromatic carbocycles. The Labute approximate surface area is 141 Å². The van der Waals surface area contributed by atoms with Crippen molar-refractivity contribution in [1.29, 1.82) is 0 Å². The summed E-state index contributed by atoms with van der Waals surface area (Å²) in [5, 5.41) is 24.7. The number of hydrogen-bond acceptors (Lipinski definition) is 5. The third-order valence-corrected chi connectivity index (χ3v) is 4.21. The van der Waals surface area contributed by atoms with Crippen LogP contribution in [0.15, 0.2) is 47.3 Å². The van der Waals surface area contributed by atoms with E-state index in [1.54, 1.807) is 24.3 Å². The summed E-state index contributed by atoms with van der Waals surface area (Å²) in [7, 11) is 0. The molecule has 8 heteroatoms. The average Bonchev–Trinajstić information content (AvgIpc) is 3.20. The van der Waals surface area contributed by atoms with Crippen LogP contribution in [-0.4, -0.2) is 26.0 Å². The second-order valence-corrected chi connectivity index (χ2v) is 6.02. The second kappa shape index (κ2) is 6.91. The highest BCUT2D eigenvalue weighted by Crippen LogP contribution is 2.21. The quantitative estimate of drug-likeness (QED) is 0.742. The number of nitrogens with one attached hydrogen (secondary N) is 1. The summed E-state index contributed by atoms with van der Waals surface area (Å²) >= 11 is 7.51. The number of anilines is 1. The van der Waals surface area contributed by atoms with Crippen LogP contribution in [0.4, 0.5) is 5.69 Å². The predicted molar refractivity (Wildman–Crippen MR) is 88.7 cm³/mol. The number of benzene rings is 1. The topological polar surface area (TPSA) is 80.0 Å². The third kappa shape index (κ3) is 3.76. The van der Waals surface area contributed by atoms with E-state index in [4.69, 9.17) is 11.6 Å². The van der Waals surface area contributed by atoms with Gasteiger partial charge in [-0.1, -0.05) is 28.9 Å². The first-order valence-corrected chi connectivity index (χ1v) is 8.12. The van der Waals surface area contributed by atoms with Gasteiger partial charge in [0.15, 0.2) is 5.69 Å². The fraction of sp³-hybridized carbons (Fsp3) is 0.133. The van der Waals surface area contributed by atoms with E-state index in [1.807, 2.05) is 16.8 Å². The molecule has 0 fully saturated rings. The highest BCUT2D eigenvalue weighted by atomic mass is 35.5. The average molecular weight is 349 g/mol. The molecular formula is C15H13ClN4O2S. The maximum Gasteiger partial charge on any atom is 0.277 e. The van der Waals surface area contributed by atoms with Gasteiger partial charge in [-0.25, -0.2) is 4.68 Å². The number of halogens is 1. The lowest BCUT2D eigenvalue weighted by molar-refractivity contribution is 0.102. The summed E-state index contributed by atoms with van der Waals surface area (Å²) in [6.07, 6.45) is 0.796. The Morgan fingerprint density at radius 3 is 2.96 bits per heavy atom. The Balaban J connectivity index is 1.67. The van der Waals surface area contributed by atoms with Gasteiger partial charge in [0.1, 0.15) is 0 Å². The molecule has 0 saturated carbocycles. The monoisotopic (exact) mass is 348 g/mol. The minimum Gasteiger partial charge on any atom is -0.386 e. The smallest absolute Gasteiger partial charge is 0.277 e. The number of carbonyl (C=O) groups is 1. The zero-order valence-electron chi connectivity index (χ0n) is 11.9. The molecule has 6 nitrogen and oxygen atoms in total. The number of hydrogen-bond donors (Lipinski definition) is 2. The van der Waals surface area contributed by atoms with Crippen LogP contribution >= 0.6 is 22.9 Å². The lowest BCUT2D eigenvalue weighted by atomic mass is 10.2. The minimum absolute atomic E-state index is 0.155. The van der Waals surface area contributed by atoms with E-state index in [0.29, 0.717) is 10.7 Å². The van der Waals surface area contributed by atoms with Crippen molar-refractivity contribution in [2.75, 3.05) is 5.32 Å². The van der Waals surface area contributed by atoms with Crippen molar-refractivity contribution < 1.29 is 9.90 Å². The lowest BCUT2D eigenvalue weighted by Crippen LogP contribution is -2.13. The lowest BCUT2D eigenvalue weighted by Gasteiger charge is -2.07. The number of amides is 1. The Bertz CT molecular complexity index is 803. The summed E-state index contributed by atoms with van der Waals surface area (Å²) in [6, 6.07) is 8.78. The van der Waals surface area contributed by atoms with Crippen molar-refractivity contribution >= 4 is 34.5 Å². The van der Waals surface area contributed by atoms with Crippen molar-refractivity contribution in [3.05, 3.63) is 63.6 Å². The molecule has 0 bridgehead atoms. The van der Waals surface area contributed by atoms with E-state index >= 15 is 0 Å². The number of aromatic nitrogens is 3. The molecule has 0 spiro atoms. The van der Waals surface area contributed by atoms with Gasteiger partial charge in [0.25, 0.3) is 5.91 Å². The van der Waals surface area contributed by atoms with E-state index in [2.05, 4.69) is 15.6 Å². The SMILES string of the molecule is O=C(Nc1ccccc1Cl)c1cn(CC(O)c2ccsc2)nn1. The Kier molecular flexibility index (Phi) is 4.71. The van der Waals surface area contributed by atoms with Crippen molar-refractivity contribution in [3.63, 3.8) is 0 Å². The van der Waals surface area contributed by atoms with Crippen LogP contribution < -0.4 is 5.32 Å². The summed E-state index contributed by atoms with van der Waals surface area (Å²) in [5.41, 5.74) is 1.47. The number of rotatable bonds is 5. The molecule has 0 aliphatic rings. The summed E-state index contributed by atoms with van der Waals surface area (Å²) in [4.78, 5) is 12.1. The van der Waals surface area contributed by atoms with Crippen LogP contribution in [0.5, 0.6) is 0 Å². The van der Waals surface area contributed by atoms with E-state index in [-0.39, 0.29) is 12.2 Å². The van der Waals surface area contributed by atoms with Crippen molar-refractivity contribution in [1.82, 2.24) is 15.0 Å². The summed E-state index contributed by atoms with van der Waals surface area (Å²) in [5.74, 6) is -0.408. The standard InChI is InChI=1S/C15H13ClN4O2S/c16-11-3-1-2-4-12(11)17-15(22)13-7-20(19-18-13)8-14(21)10-5-6-23-9-10/h1-7,9,14,21H,8H2,(H,17,22). The zero-order valence-corrected chi connectivity index (χ0v) is 13.5. The van der Waals surface area contributed by atoms with Gasteiger partial charge in [0.2, 0.25) is 0 Å². The molecule has 0 saturated heterocycles. The van der Waals surface area contributed by atoms with Gasteiger partial charge in [-0.3, -0.25) is 4.79 Å².